The van der Waals surface area contributed by atoms with Crippen molar-refractivity contribution >= 4 is 45.9 Å². The highest BCUT2D eigenvalue weighted by Gasteiger charge is 2.14. The van der Waals surface area contributed by atoms with Gasteiger partial charge in [0.05, 0.1) is 17.3 Å². The molecule has 0 aliphatic rings. The number of carbonyl (C=O) groups excluding carboxylic acids is 1. The molecule has 30 heavy (non-hydrogen) atoms. The third kappa shape index (κ3) is 5.89. The lowest BCUT2D eigenvalue weighted by atomic mass is 10.1. The quantitative estimate of drug-likeness (QED) is 0.284. The molecule has 0 saturated heterocycles. The highest BCUT2D eigenvalue weighted by Crippen LogP contribution is 2.34. The Morgan fingerprint density at radius 1 is 1.20 bits per heavy atom. The van der Waals surface area contributed by atoms with Crippen molar-refractivity contribution in [2.45, 2.75) is 20.8 Å². The van der Waals surface area contributed by atoms with Crippen molar-refractivity contribution in [3.63, 3.8) is 0 Å². The largest absolute Gasteiger partial charge is 0.493 e. The van der Waals surface area contributed by atoms with Crippen LogP contribution in [0.5, 0.6) is 11.5 Å². The molecule has 2 aromatic rings. The van der Waals surface area contributed by atoms with Crippen molar-refractivity contribution in [1.29, 1.82) is 5.26 Å². The number of hydrogen-bond acceptors (Lipinski definition) is 5. The van der Waals surface area contributed by atoms with Crippen molar-refractivity contribution in [2.24, 2.45) is 0 Å². The van der Waals surface area contributed by atoms with E-state index >= 15 is 0 Å². The summed E-state index contributed by atoms with van der Waals surface area (Å²) in [6.07, 6.45) is 1.54. The summed E-state index contributed by atoms with van der Waals surface area (Å²) in [7, 11) is 1.56. The van der Waals surface area contributed by atoms with Crippen LogP contribution in [0.1, 0.15) is 26.3 Å². The van der Waals surface area contributed by atoms with Gasteiger partial charge in [0.2, 0.25) is 0 Å². The second kappa shape index (κ2) is 11.5. The number of rotatable bonds is 9. The average molecular weight is 519 g/mol. The number of ether oxygens (including phenoxy) is 2. The Labute approximate surface area is 191 Å². The minimum absolute atomic E-state index is 0.00447. The van der Waals surface area contributed by atoms with Crippen molar-refractivity contribution in [1.82, 2.24) is 0 Å². The van der Waals surface area contributed by atoms with Crippen molar-refractivity contribution in [2.75, 3.05) is 37.0 Å². The van der Waals surface area contributed by atoms with E-state index in [0.29, 0.717) is 29.4 Å². The third-order valence-electron chi connectivity index (χ3n) is 4.47. The van der Waals surface area contributed by atoms with Crippen LogP contribution in [-0.4, -0.2) is 32.7 Å². The van der Waals surface area contributed by atoms with Gasteiger partial charge in [-0.2, -0.15) is 5.26 Å². The molecule has 0 saturated carbocycles. The SMILES string of the molecule is CCOc1c(I)cc(/C=C(/C#N)C(=O)Nc2ccc(N(CC)CC)cc2)cc1OC. The maximum absolute atomic E-state index is 12.6. The maximum atomic E-state index is 12.6. The highest BCUT2D eigenvalue weighted by molar-refractivity contribution is 14.1. The molecule has 6 nitrogen and oxygen atoms in total. The van der Waals surface area contributed by atoms with Gasteiger partial charge in [0.25, 0.3) is 5.91 Å². The Hall–Kier alpha value is -2.73. The molecule has 0 aliphatic heterocycles. The Balaban J connectivity index is 2.23. The van der Waals surface area contributed by atoms with Crippen molar-refractivity contribution in [3.05, 3.63) is 51.1 Å². The number of anilines is 2. The second-order valence-electron chi connectivity index (χ2n) is 6.31. The number of benzene rings is 2. The summed E-state index contributed by atoms with van der Waals surface area (Å²) in [5, 5.41) is 12.3. The van der Waals surface area contributed by atoms with Gasteiger partial charge in [-0.25, -0.2) is 0 Å². The number of nitrogens with one attached hydrogen (secondary N) is 1. The highest BCUT2D eigenvalue weighted by atomic mass is 127. The Morgan fingerprint density at radius 2 is 1.87 bits per heavy atom. The minimum Gasteiger partial charge on any atom is -0.493 e. The number of hydrogen-bond donors (Lipinski definition) is 1. The first-order valence-electron chi connectivity index (χ1n) is 9.75. The average Bonchev–Trinajstić information content (AvgIpc) is 2.75. The van der Waals surface area contributed by atoms with Crippen LogP contribution in [0, 0.1) is 14.9 Å². The summed E-state index contributed by atoms with van der Waals surface area (Å²) in [6, 6.07) is 13.2. The van der Waals surface area contributed by atoms with Gasteiger partial charge < -0.3 is 19.7 Å². The van der Waals surface area contributed by atoms with E-state index in [1.165, 1.54) is 0 Å². The van der Waals surface area contributed by atoms with Gasteiger partial charge >= 0.3 is 0 Å². The number of nitrogens with zero attached hydrogens (tertiary/aromatic N) is 2. The molecular formula is C23H26IN3O3. The zero-order valence-corrected chi connectivity index (χ0v) is 19.8. The van der Waals surface area contributed by atoms with Gasteiger partial charge in [0.1, 0.15) is 11.6 Å². The summed E-state index contributed by atoms with van der Waals surface area (Å²) in [4.78, 5) is 14.8. The number of amides is 1. The van der Waals surface area contributed by atoms with Crippen LogP contribution < -0.4 is 19.7 Å². The number of nitriles is 1. The lowest BCUT2D eigenvalue weighted by molar-refractivity contribution is -0.112. The van der Waals surface area contributed by atoms with E-state index in [1.54, 1.807) is 19.3 Å². The normalized spacial score (nSPS) is 10.9. The number of halogens is 1. The number of carbonyl (C=O) groups is 1. The predicted octanol–water partition coefficient (Wildman–Crippen LogP) is 5.09. The van der Waals surface area contributed by atoms with Gasteiger partial charge in [-0.05, 0) is 91.4 Å². The van der Waals surface area contributed by atoms with E-state index in [2.05, 4.69) is 46.7 Å². The molecule has 2 aromatic carbocycles. The Kier molecular flexibility index (Phi) is 8.99. The zero-order chi connectivity index (χ0) is 22.1. The van der Waals surface area contributed by atoms with Crippen LogP contribution in [0.15, 0.2) is 42.0 Å². The molecule has 1 N–H and O–H groups in total. The van der Waals surface area contributed by atoms with Gasteiger partial charge in [0, 0.05) is 24.5 Å². The van der Waals surface area contributed by atoms with E-state index in [9.17, 15) is 10.1 Å². The van der Waals surface area contributed by atoms with E-state index in [-0.39, 0.29) is 5.57 Å². The fourth-order valence-electron chi connectivity index (χ4n) is 2.97. The first-order valence-corrected chi connectivity index (χ1v) is 10.8. The van der Waals surface area contributed by atoms with Crippen LogP contribution >= 0.6 is 22.6 Å². The molecule has 0 fully saturated rings. The Morgan fingerprint density at radius 3 is 2.40 bits per heavy atom. The zero-order valence-electron chi connectivity index (χ0n) is 17.7. The van der Waals surface area contributed by atoms with Gasteiger partial charge in [-0.15, -0.1) is 0 Å². The molecule has 0 aliphatic carbocycles. The van der Waals surface area contributed by atoms with E-state index in [4.69, 9.17) is 9.47 Å². The molecule has 0 heterocycles. The molecule has 0 aromatic heterocycles. The second-order valence-corrected chi connectivity index (χ2v) is 7.47. The molecule has 2 rings (SSSR count). The molecule has 0 atom stereocenters. The first-order chi connectivity index (χ1) is 14.5. The van der Waals surface area contributed by atoms with Gasteiger partial charge in [-0.1, -0.05) is 0 Å². The van der Waals surface area contributed by atoms with Crippen LogP contribution in [-0.2, 0) is 4.79 Å². The topological polar surface area (TPSA) is 74.6 Å². The molecule has 0 radical (unpaired) electrons. The van der Waals surface area contributed by atoms with E-state index < -0.39 is 5.91 Å². The Bertz CT molecular complexity index is 945. The van der Waals surface area contributed by atoms with Crippen molar-refractivity contribution in [3.8, 4) is 17.6 Å². The minimum atomic E-state index is -0.462. The smallest absolute Gasteiger partial charge is 0.266 e. The lowest BCUT2D eigenvalue weighted by Gasteiger charge is -2.21. The fourth-order valence-corrected chi connectivity index (χ4v) is 3.75. The predicted molar refractivity (Wildman–Crippen MR) is 129 cm³/mol. The van der Waals surface area contributed by atoms with Crippen LogP contribution in [0.25, 0.3) is 6.08 Å². The maximum Gasteiger partial charge on any atom is 0.266 e. The standard InChI is InChI=1S/C23H26IN3O3/c1-5-27(6-2)19-10-8-18(9-11-19)26-23(28)17(15-25)12-16-13-20(24)22(30-7-3)21(14-16)29-4/h8-14H,5-7H2,1-4H3,(H,26,28)/b17-12-. The van der Waals surface area contributed by atoms with Crippen molar-refractivity contribution < 1.29 is 14.3 Å². The van der Waals surface area contributed by atoms with Crippen LogP contribution in [0.3, 0.4) is 0 Å². The first kappa shape index (κ1) is 23.5. The summed E-state index contributed by atoms with van der Waals surface area (Å²) in [5.41, 5.74) is 2.41. The summed E-state index contributed by atoms with van der Waals surface area (Å²) >= 11 is 2.15. The van der Waals surface area contributed by atoms with Gasteiger partial charge in [0.15, 0.2) is 11.5 Å². The lowest BCUT2D eigenvalue weighted by Crippen LogP contribution is -2.21. The summed E-state index contributed by atoms with van der Waals surface area (Å²) in [6.45, 7) is 8.43. The molecule has 7 heteroatoms. The molecular weight excluding hydrogens is 493 g/mol. The van der Waals surface area contributed by atoms with Gasteiger partial charge in [-0.3, -0.25) is 4.79 Å². The third-order valence-corrected chi connectivity index (χ3v) is 5.27. The molecule has 0 spiro atoms. The molecule has 158 valence electrons. The molecule has 0 unspecified atom stereocenters. The van der Waals surface area contributed by atoms with Crippen LogP contribution in [0.4, 0.5) is 11.4 Å². The monoisotopic (exact) mass is 519 g/mol. The summed E-state index contributed by atoms with van der Waals surface area (Å²) < 4.78 is 11.8. The number of methoxy groups -OCH3 is 1. The molecule has 0 bridgehead atoms. The van der Waals surface area contributed by atoms with E-state index in [0.717, 1.165) is 22.3 Å². The fraction of sp³-hybridized carbons (Fsp3) is 0.304. The summed E-state index contributed by atoms with van der Waals surface area (Å²) in [5.74, 6) is 0.740. The van der Waals surface area contributed by atoms with Crippen LogP contribution in [0.2, 0.25) is 0 Å². The molecule has 1 amide bonds. The van der Waals surface area contributed by atoms with E-state index in [1.807, 2.05) is 43.3 Å².